The fourth-order valence-electron chi connectivity index (χ4n) is 4.69. The first-order valence-corrected chi connectivity index (χ1v) is 10.9. The monoisotopic (exact) mass is 432 g/mol. The van der Waals surface area contributed by atoms with E-state index in [0.717, 1.165) is 24.1 Å². The number of nitriles is 1. The first kappa shape index (κ1) is 21.7. The Labute approximate surface area is 188 Å². The highest BCUT2D eigenvalue weighted by Crippen LogP contribution is 2.40. The summed E-state index contributed by atoms with van der Waals surface area (Å²) in [6, 6.07) is 13.1. The molecular weight excluding hydrogens is 404 g/mol. The molecule has 1 fully saturated rings. The number of fused-ring (bicyclic) bond motifs is 1. The summed E-state index contributed by atoms with van der Waals surface area (Å²) < 4.78 is 5.17. The lowest BCUT2D eigenvalue weighted by molar-refractivity contribution is -0.126. The number of aryl methyl sites for hydroxylation is 1. The molecule has 166 valence electrons. The Bertz CT molecular complexity index is 1100. The van der Waals surface area contributed by atoms with Gasteiger partial charge in [-0.1, -0.05) is 19.1 Å². The van der Waals surface area contributed by atoms with Gasteiger partial charge in [-0.15, -0.1) is 0 Å². The Morgan fingerprint density at radius 1 is 1.28 bits per heavy atom. The van der Waals surface area contributed by atoms with Crippen LogP contribution in [0.4, 0.5) is 16.2 Å². The Morgan fingerprint density at radius 2 is 2.03 bits per heavy atom. The molecule has 2 aromatic carbocycles. The Kier molecular flexibility index (Phi) is 5.79. The summed E-state index contributed by atoms with van der Waals surface area (Å²) >= 11 is 0. The van der Waals surface area contributed by atoms with Gasteiger partial charge in [0.25, 0.3) is 0 Å². The number of nitrogens with zero attached hydrogens (tertiary/aromatic N) is 2. The number of amides is 3. The molecule has 0 atom stereocenters. The number of carbonyl (C=O) groups excluding carboxylic acids is 2. The largest absolute Gasteiger partial charge is 0.495 e. The minimum atomic E-state index is -0.524. The summed E-state index contributed by atoms with van der Waals surface area (Å²) in [7, 11) is 1.51. The van der Waals surface area contributed by atoms with E-state index in [1.54, 1.807) is 18.2 Å². The smallest absolute Gasteiger partial charge is 0.322 e. The van der Waals surface area contributed by atoms with Crippen LogP contribution in [0.1, 0.15) is 49.3 Å². The molecule has 0 spiro atoms. The molecule has 4 rings (SSSR count). The van der Waals surface area contributed by atoms with Gasteiger partial charge in [-0.2, -0.15) is 5.26 Å². The van der Waals surface area contributed by atoms with Gasteiger partial charge in [-0.05, 0) is 68.0 Å². The van der Waals surface area contributed by atoms with E-state index in [0.29, 0.717) is 36.4 Å². The highest BCUT2D eigenvalue weighted by molar-refractivity contribution is 5.95. The van der Waals surface area contributed by atoms with Crippen LogP contribution in [-0.4, -0.2) is 30.0 Å². The van der Waals surface area contributed by atoms with E-state index >= 15 is 0 Å². The number of rotatable bonds is 4. The predicted octanol–water partition coefficient (Wildman–Crippen LogP) is 4.81. The Hall–Kier alpha value is -3.53. The van der Waals surface area contributed by atoms with Gasteiger partial charge in [0.2, 0.25) is 5.91 Å². The van der Waals surface area contributed by atoms with Gasteiger partial charge in [0, 0.05) is 22.8 Å². The third kappa shape index (κ3) is 4.01. The number of hydrogen-bond donors (Lipinski definition) is 2. The third-order valence-corrected chi connectivity index (χ3v) is 6.87. The molecule has 0 unspecified atom stereocenters. The van der Waals surface area contributed by atoms with E-state index in [9.17, 15) is 14.9 Å². The lowest BCUT2D eigenvalue weighted by Gasteiger charge is -2.42. The molecule has 2 aromatic rings. The molecule has 0 radical (unpaired) electrons. The highest BCUT2D eigenvalue weighted by Gasteiger charge is 2.41. The van der Waals surface area contributed by atoms with Crippen molar-refractivity contribution in [2.24, 2.45) is 5.41 Å². The summed E-state index contributed by atoms with van der Waals surface area (Å²) in [5, 5.41) is 15.3. The lowest BCUT2D eigenvalue weighted by Crippen LogP contribution is -2.49. The van der Waals surface area contributed by atoms with Crippen molar-refractivity contribution in [3.05, 3.63) is 53.1 Å². The Balaban J connectivity index is 1.41. The van der Waals surface area contributed by atoms with Crippen LogP contribution in [0, 0.1) is 23.7 Å². The molecule has 1 aliphatic carbocycles. The molecule has 2 N–H and O–H groups in total. The fourth-order valence-corrected chi connectivity index (χ4v) is 4.69. The van der Waals surface area contributed by atoms with Crippen molar-refractivity contribution < 1.29 is 14.3 Å². The number of ether oxygens (including phenoxy) is 1. The average Bonchev–Trinajstić information content (AvgIpc) is 2.79. The summed E-state index contributed by atoms with van der Waals surface area (Å²) in [4.78, 5) is 27.7. The topological polar surface area (TPSA) is 94.5 Å². The van der Waals surface area contributed by atoms with Crippen molar-refractivity contribution in [3.63, 3.8) is 0 Å². The van der Waals surface area contributed by atoms with Gasteiger partial charge in [0.05, 0.1) is 19.2 Å². The van der Waals surface area contributed by atoms with Gasteiger partial charge in [0.15, 0.2) is 0 Å². The van der Waals surface area contributed by atoms with E-state index in [4.69, 9.17) is 4.74 Å². The first-order valence-electron chi connectivity index (χ1n) is 10.9. The zero-order chi connectivity index (χ0) is 22.9. The van der Waals surface area contributed by atoms with Crippen molar-refractivity contribution in [2.75, 3.05) is 17.7 Å². The molecule has 7 nitrogen and oxygen atoms in total. The van der Waals surface area contributed by atoms with E-state index in [1.165, 1.54) is 12.7 Å². The average molecular weight is 433 g/mol. The summed E-state index contributed by atoms with van der Waals surface area (Å²) in [6.45, 7) is 4.64. The van der Waals surface area contributed by atoms with Crippen LogP contribution in [0.5, 0.6) is 5.75 Å². The number of methoxy groups -OCH3 is 1. The number of hydrogen-bond acceptors (Lipinski definition) is 4. The predicted molar refractivity (Wildman–Crippen MR) is 122 cm³/mol. The summed E-state index contributed by atoms with van der Waals surface area (Å²) in [6.07, 6.45) is 2.92. The van der Waals surface area contributed by atoms with Crippen molar-refractivity contribution in [2.45, 2.75) is 52.1 Å². The quantitative estimate of drug-likeness (QED) is 0.725. The zero-order valence-corrected chi connectivity index (χ0v) is 18.7. The molecule has 3 amide bonds. The molecule has 32 heavy (non-hydrogen) atoms. The van der Waals surface area contributed by atoms with Gasteiger partial charge in [-0.25, -0.2) is 4.79 Å². The standard InChI is InChI=1S/C25H28N4O3/c1-16-5-4-6-21-20(16)15-29(24(31)28-21)19-9-11-25(2,12-10-19)23(30)27-18-7-8-22(32-3)17(13-18)14-26/h4-8,13,19H,9-12,15H2,1-3H3,(H,27,30)(H,28,31). The second kappa shape index (κ2) is 8.54. The fraction of sp³-hybridized carbons (Fsp3) is 0.400. The molecule has 0 saturated heterocycles. The summed E-state index contributed by atoms with van der Waals surface area (Å²) in [5.41, 5.74) is 3.66. The second-order valence-electron chi connectivity index (χ2n) is 8.93. The summed E-state index contributed by atoms with van der Waals surface area (Å²) in [5.74, 6) is 0.420. The van der Waals surface area contributed by atoms with Crippen LogP contribution in [0.15, 0.2) is 36.4 Å². The van der Waals surface area contributed by atoms with E-state index < -0.39 is 5.41 Å². The molecule has 1 aliphatic heterocycles. The number of nitrogens with one attached hydrogen (secondary N) is 2. The molecule has 2 aliphatic rings. The van der Waals surface area contributed by atoms with Gasteiger partial charge < -0.3 is 20.3 Å². The van der Waals surface area contributed by atoms with E-state index in [2.05, 4.69) is 29.7 Å². The maximum absolute atomic E-state index is 13.1. The SMILES string of the molecule is COc1ccc(NC(=O)C2(C)CCC(N3Cc4c(C)cccc4NC3=O)CC2)cc1C#N. The lowest BCUT2D eigenvalue weighted by atomic mass is 9.72. The van der Waals surface area contributed by atoms with Crippen molar-refractivity contribution in [1.82, 2.24) is 4.90 Å². The number of anilines is 2. The van der Waals surface area contributed by atoms with Crippen molar-refractivity contribution in [3.8, 4) is 11.8 Å². The van der Waals surface area contributed by atoms with Crippen LogP contribution in [-0.2, 0) is 11.3 Å². The van der Waals surface area contributed by atoms with Crippen LogP contribution >= 0.6 is 0 Å². The maximum Gasteiger partial charge on any atom is 0.322 e. The molecule has 1 saturated carbocycles. The first-order chi connectivity index (χ1) is 15.3. The number of benzene rings is 2. The van der Waals surface area contributed by atoms with E-state index in [1.807, 2.05) is 24.0 Å². The molecular formula is C25H28N4O3. The van der Waals surface area contributed by atoms with Crippen LogP contribution in [0.25, 0.3) is 0 Å². The normalized spacial score (nSPS) is 22.4. The second-order valence-corrected chi connectivity index (χ2v) is 8.93. The zero-order valence-electron chi connectivity index (χ0n) is 18.7. The minimum Gasteiger partial charge on any atom is -0.495 e. The third-order valence-electron chi connectivity index (χ3n) is 6.87. The van der Waals surface area contributed by atoms with Crippen LogP contribution < -0.4 is 15.4 Å². The van der Waals surface area contributed by atoms with Gasteiger partial charge in [0.1, 0.15) is 11.8 Å². The van der Waals surface area contributed by atoms with Gasteiger partial charge in [-0.3, -0.25) is 4.79 Å². The highest BCUT2D eigenvalue weighted by atomic mass is 16.5. The maximum atomic E-state index is 13.1. The minimum absolute atomic E-state index is 0.0608. The van der Waals surface area contributed by atoms with Crippen molar-refractivity contribution in [1.29, 1.82) is 5.26 Å². The van der Waals surface area contributed by atoms with Gasteiger partial charge >= 0.3 is 6.03 Å². The number of urea groups is 1. The van der Waals surface area contributed by atoms with E-state index in [-0.39, 0.29) is 18.0 Å². The van der Waals surface area contributed by atoms with Crippen molar-refractivity contribution >= 4 is 23.3 Å². The van der Waals surface area contributed by atoms with Crippen LogP contribution in [0.3, 0.4) is 0 Å². The molecule has 0 aromatic heterocycles. The Morgan fingerprint density at radius 3 is 2.72 bits per heavy atom. The molecule has 1 heterocycles. The van der Waals surface area contributed by atoms with Crippen LogP contribution in [0.2, 0.25) is 0 Å². The molecule has 0 bridgehead atoms. The molecule has 7 heteroatoms. The number of carbonyl (C=O) groups is 2.